The second-order valence-electron chi connectivity index (χ2n) is 4.65. The molecule has 0 unspecified atom stereocenters. The van der Waals surface area contributed by atoms with Gasteiger partial charge < -0.3 is 15.1 Å². The smallest absolute Gasteiger partial charge is 0.225 e. The van der Waals surface area contributed by atoms with E-state index in [4.69, 9.17) is 0 Å². The van der Waals surface area contributed by atoms with Gasteiger partial charge in [-0.3, -0.25) is 0 Å². The van der Waals surface area contributed by atoms with Gasteiger partial charge in [-0.2, -0.15) is 0 Å². The van der Waals surface area contributed by atoms with Crippen molar-refractivity contribution < 1.29 is 0 Å². The number of hydrogen-bond donors (Lipinski definition) is 1. The molecule has 1 fully saturated rings. The predicted octanol–water partition coefficient (Wildman–Crippen LogP) is 1.24. The van der Waals surface area contributed by atoms with E-state index in [2.05, 4.69) is 36.1 Å². The van der Waals surface area contributed by atoms with Crippen LogP contribution in [0.2, 0.25) is 0 Å². The Morgan fingerprint density at radius 2 is 1.65 bits per heavy atom. The average molecular weight is 270 g/mol. The van der Waals surface area contributed by atoms with Crippen molar-refractivity contribution in [1.82, 2.24) is 15.0 Å². The van der Waals surface area contributed by atoms with Crippen LogP contribution in [0.5, 0.6) is 0 Å². The highest BCUT2D eigenvalue weighted by molar-refractivity contribution is 5.48. The van der Waals surface area contributed by atoms with Crippen LogP contribution in [-0.4, -0.2) is 48.2 Å². The van der Waals surface area contributed by atoms with Gasteiger partial charge >= 0.3 is 0 Å². The molecule has 1 aliphatic heterocycles. The minimum absolute atomic E-state index is 0.809. The molecule has 1 aliphatic rings. The molecule has 1 saturated heterocycles. The molecule has 20 heavy (non-hydrogen) atoms. The Morgan fingerprint density at radius 1 is 0.950 bits per heavy atom. The number of anilines is 3. The Kier molecular flexibility index (Phi) is 3.62. The molecule has 1 N–H and O–H groups in total. The Hall–Kier alpha value is -2.37. The fourth-order valence-corrected chi connectivity index (χ4v) is 2.33. The number of piperazine rings is 1. The van der Waals surface area contributed by atoms with E-state index < -0.39 is 0 Å². The first-order valence-corrected chi connectivity index (χ1v) is 6.78. The SMILES string of the molecule is CNc1cccc(N2CCN(c3ncccn3)CC2)n1. The van der Waals surface area contributed by atoms with Gasteiger partial charge in [-0.15, -0.1) is 0 Å². The highest BCUT2D eigenvalue weighted by Crippen LogP contribution is 2.17. The first-order valence-electron chi connectivity index (χ1n) is 6.78. The van der Waals surface area contributed by atoms with E-state index in [1.165, 1.54) is 0 Å². The Balaban J connectivity index is 1.66. The van der Waals surface area contributed by atoms with Crippen LogP contribution in [-0.2, 0) is 0 Å². The average Bonchev–Trinajstić information content (AvgIpc) is 2.56. The van der Waals surface area contributed by atoms with Crippen molar-refractivity contribution >= 4 is 17.6 Å². The predicted molar refractivity (Wildman–Crippen MR) is 80.2 cm³/mol. The van der Waals surface area contributed by atoms with Crippen molar-refractivity contribution in [2.75, 3.05) is 48.3 Å². The molecule has 0 amide bonds. The number of nitrogens with zero attached hydrogens (tertiary/aromatic N) is 5. The maximum Gasteiger partial charge on any atom is 0.225 e. The number of nitrogens with one attached hydrogen (secondary N) is 1. The minimum atomic E-state index is 0.809. The van der Waals surface area contributed by atoms with Crippen molar-refractivity contribution in [3.05, 3.63) is 36.7 Å². The molecule has 3 heterocycles. The van der Waals surface area contributed by atoms with Gasteiger partial charge in [0.1, 0.15) is 11.6 Å². The van der Waals surface area contributed by atoms with E-state index >= 15 is 0 Å². The second-order valence-corrected chi connectivity index (χ2v) is 4.65. The van der Waals surface area contributed by atoms with Crippen LogP contribution in [0.1, 0.15) is 0 Å². The van der Waals surface area contributed by atoms with Crippen LogP contribution in [0.3, 0.4) is 0 Å². The topological polar surface area (TPSA) is 57.2 Å². The zero-order valence-electron chi connectivity index (χ0n) is 11.5. The first kappa shape index (κ1) is 12.7. The maximum absolute atomic E-state index is 4.58. The zero-order chi connectivity index (χ0) is 13.8. The van der Waals surface area contributed by atoms with Gasteiger partial charge in [-0.25, -0.2) is 15.0 Å². The van der Waals surface area contributed by atoms with Crippen molar-refractivity contribution in [1.29, 1.82) is 0 Å². The van der Waals surface area contributed by atoms with Gasteiger partial charge in [0.25, 0.3) is 0 Å². The molecule has 6 heteroatoms. The normalized spacial score (nSPS) is 15.2. The zero-order valence-corrected chi connectivity index (χ0v) is 11.5. The number of pyridine rings is 1. The highest BCUT2D eigenvalue weighted by atomic mass is 15.3. The Bertz CT molecular complexity index is 551. The van der Waals surface area contributed by atoms with Gasteiger partial charge in [-0.1, -0.05) is 6.07 Å². The third kappa shape index (κ3) is 2.64. The summed E-state index contributed by atoms with van der Waals surface area (Å²) in [5.74, 6) is 2.73. The van der Waals surface area contributed by atoms with Gasteiger partial charge in [0.15, 0.2) is 0 Å². The molecule has 3 rings (SSSR count). The van der Waals surface area contributed by atoms with Crippen LogP contribution >= 0.6 is 0 Å². The van der Waals surface area contributed by atoms with E-state index in [0.29, 0.717) is 0 Å². The summed E-state index contributed by atoms with van der Waals surface area (Å²) < 4.78 is 0. The lowest BCUT2D eigenvalue weighted by molar-refractivity contribution is 0.635. The van der Waals surface area contributed by atoms with Crippen LogP contribution in [0, 0.1) is 0 Å². The molecule has 6 nitrogen and oxygen atoms in total. The molecule has 104 valence electrons. The van der Waals surface area contributed by atoms with E-state index in [1.807, 2.05) is 25.2 Å². The summed E-state index contributed by atoms with van der Waals surface area (Å²) in [7, 11) is 1.89. The molecule has 2 aromatic heterocycles. The monoisotopic (exact) mass is 270 g/mol. The van der Waals surface area contributed by atoms with Gasteiger partial charge in [0, 0.05) is 45.6 Å². The summed E-state index contributed by atoms with van der Waals surface area (Å²) in [5, 5.41) is 3.07. The number of aromatic nitrogens is 3. The molecule has 0 spiro atoms. The van der Waals surface area contributed by atoms with E-state index in [-0.39, 0.29) is 0 Å². The fraction of sp³-hybridized carbons (Fsp3) is 0.357. The summed E-state index contributed by atoms with van der Waals surface area (Å²) >= 11 is 0. The minimum Gasteiger partial charge on any atom is -0.373 e. The lowest BCUT2D eigenvalue weighted by Crippen LogP contribution is -2.47. The molecular weight excluding hydrogens is 252 g/mol. The van der Waals surface area contributed by atoms with Crippen LogP contribution < -0.4 is 15.1 Å². The largest absolute Gasteiger partial charge is 0.373 e. The van der Waals surface area contributed by atoms with Crippen molar-refractivity contribution in [3.8, 4) is 0 Å². The van der Waals surface area contributed by atoms with Gasteiger partial charge in [0.05, 0.1) is 0 Å². The lowest BCUT2D eigenvalue weighted by atomic mass is 10.3. The van der Waals surface area contributed by atoms with E-state index in [0.717, 1.165) is 43.8 Å². The first-order chi connectivity index (χ1) is 9.86. The third-order valence-corrected chi connectivity index (χ3v) is 3.43. The van der Waals surface area contributed by atoms with E-state index in [9.17, 15) is 0 Å². The van der Waals surface area contributed by atoms with Gasteiger partial charge in [0.2, 0.25) is 5.95 Å². The van der Waals surface area contributed by atoms with Crippen LogP contribution in [0.25, 0.3) is 0 Å². The molecule has 0 bridgehead atoms. The Morgan fingerprint density at radius 3 is 2.35 bits per heavy atom. The maximum atomic E-state index is 4.58. The summed E-state index contributed by atoms with van der Waals surface area (Å²) in [5.41, 5.74) is 0. The number of hydrogen-bond acceptors (Lipinski definition) is 6. The summed E-state index contributed by atoms with van der Waals surface area (Å²) in [4.78, 5) is 17.7. The number of rotatable bonds is 3. The summed E-state index contributed by atoms with van der Waals surface area (Å²) in [6.07, 6.45) is 3.57. The van der Waals surface area contributed by atoms with Crippen molar-refractivity contribution in [2.45, 2.75) is 0 Å². The van der Waals surface area contributed by atoms with Crippen LogP contribution in [0.4, 0.5) is 17.6 Å². The molecule has 0 aliphatic carbocycles. The molecule has 0 aromatic carbocycles. The highest BCUT2D eigenvalue weighted by Gasteiger charge is 2.19. The molecular formula is C14H18N6. The quantitative estimate of drug-likeness (QED) is 0.905. The lowest BCUT2D eigenvalue weighted by Gasteiger charge is -2.35. The van der Waals surface area contributed by atoms with Crippen molar-refractivity contribution in [3.63, 3.8) is 0 Å². The van der Waals surface area contributed by atoms with Crippen molar-refractivity contribution in [2.24, 2.45) is 0 Å². The molecule has 0 saturated carbocycles. The fourth-order valence-electron chi connectivity index (χ4n) is 2.33. The van der Waals surface area contributed by atoms with Crippen LogP contribution in [0.15, 0.2) is 36.7 Å². The third-order valence-electron chi connectivity index (χ3n) is 3.43. The summed E-state index contributed by atoms with van der Waals surface area (Å²) in [6.45, 7) is 3.68. The standard InChI is InChI=1S/C14H18N6/c1-15-12-4-2-5-13(18-12)19-8-10-20(11-9-19)14-16-6-3-7-17-14/h2-7H,8-11H2,1H3,(H,15,18). The molecule has 0 atom stereocenters. The summed E-state index contributed by atoms with van der Waals surface area (Å²) in [6, 6.07) is 7.89. The second kappa shape index (κ2) is 5.73. The van der Waals surface area contributed by atoms with E-state index in [1.54, 1.807) is 12.4 Å². The Labute approximate surface area is 118 Å². The molecule has 2 aromatic rings. The molecule has 0 radical (unpaired) electrons. The van der Waals surface area contributed by atoms with Gasteiger partial charge in [-0.05, 0) is 18.2 Å².